The van der Waals surface area contributed by atoms with Gasteiger partial charge in [-0.25, -0.2) is 10.0 Å². The summed E-state index contributed by atoms with van der Waals surface area (Å²) in [4.78, 5) is 13.3. The largest absolute Gasteiger partial charge is 0.497 e. The van der Waals surface area contributed by atoms with Crippen molar-refractivity contribution >= 4 is 11.6 Å². The number of hydrazine groups is 1. The normalized spacial score (nSPS) is 15.0. The van der Waals surface area contributed by atoms with Crippen LogP contribution in [0, 0.1) is 11.5 Å². The second kappa shape index (κ2) is 8.95. The van der Waals surface area contributed by atoms with Gasteiger partial charge in [0, 0.05) is 24.7 Å². The van der Waals surface area contributed by atoms with Gasteiger partial charge in [0.1, 0.15) is 11.8 Å². The highest BCUT2D eigenvalue weighted by atomic mass is 16.5. The van der Waals surface area contributed by atoms with Gasteiger partial charge in [0.15, 0.2) is 6.19 Å². The molecule has 3 rings (SSSR count). The number of anilines is 1. The van der Waals surface area contributed by atoms with Crippen LogP contribution in [-0.2, 0) is 11.2 Å². The van der Waals surface area contributed by atoms with Gasteiger partial charge in [-0.15, -0.1) is 0 Å². The van der Waals surface area contributed by atoms with Crippen LogP contribution in [0.2, 0.25) is 0 Å². The van der Waals surface area contributed by atoms with Crippen LogP contribution >= 0.6 is 0 Å². The minimum absolute atomic E-state index is 0.0945. The molecule has 0 radical (unpaired) electrons. The Morgan fingerprint density at radius 1 is 1.19 bits per heavy atom. The third-order valence-corrected chi connectivity index (χ3v) is 4.64. The van der Waals surface area contributed by atoms with E-state index in [-0.39, 0.29) is 5.91 Å². The summed E-state index contributed by atoms with van der Waals surface area (Å²) in [6.07, 6.45) is 4.49. The number of carbonyl (C=O) groups is 1. The summed E-state index contributed by atoms with van der Waals surface area (Å²) in [5.74, 6) is 0.630. The predicted octanol–water partition coefficient (Wildman–Crippen LogP) is 3.04. The zero-order valence-electron chi connectivity index (χ0n) is 15.5. The van der Waals surface area contributed by atoms with Crippen LogP contribution in [0.1, 0.15) is 18.4 Å². The first-order valence-electron chi connectivity index (χ1n) is 9.14. The molecule has 2 aromatic carbocycles. The van der Waals surface area contributed by atoms with Crippen molar-refractivity contribution in [2.75, 3.05) is 25.5 Å². The number of methoxy groups -OCH3 is 1. The Bertz CT molecular complexity index is 803. The van der Waals surface area contributed by atoms with Crippen molar-refractivity contribution in [2.24, 2.45) is 0 Å². The minimum Gasteiger partial charge on any atom is -0.497 e. The van der Waals surface area contributed by atoms with Gasteiger partial charge in [0.2, 0.25) is 0 Å². The van der Waals surface area contributed by atoms with Gasteiger partial charge >= 0.3 is 0 Å². The molecular formula is C21H24N4O2. The number of amides is 1. The van der Waals surface area contributed by atoms with E-state index in [1.165, 1.54) is 5.01 Å². The number of hydrogen-bond acceptors (Lipinski definition) is 5. The van der Waals surface area contributed by atoms with Crippen LogP contribution in [0.15, 0.2) is 54.6 Å². The van der Waals surface area contributed by atoms with Crippen LogP contribution < -0.4 is 10.1 Å². The number of ether oxygens (including phenoxy) is 1. The monoisotopic (exact) mass is 364 g/mol. The Morgan fingerprint density at radius 3 is 2.70 bits per heavy atom. The molecular weight excluding hydrogens is 340 g/mol. The zero-order valence-corrected chi connectivity index (χ0v) is 15.5. The van der Waals surface area contributed by atoms with Crippen molar-refractivity contribution in [2.45, 2.75) is 25.3 Å². The van der Waals surface area contributed by atoms with Gasteiger partial charge < -0.3 is 10.1 Å². The van der Waals surface area contributed by atoms with E-state index in [4.69, 9.17) is 4.74 Å². The van der Waals surface area contributed by atoms with E-state index in [0.717, 1.165) is 29.8 Å². The first kappa shape index (κ1) is 18.6. The van der Waals surface area contributed by atoms with Gasteiger partial charge in [-0.2, -0.15) is 5.26 Å². The molecule has 0 bridgehead atoms. The molecule has 140 valence electrons. The number of nitrogens with zero attached hydrogens (tertiary/aromatic N) is 3. The van der Waals surface area contributed by atoms with E-state index >= 15 is 0 Å². The zero-order chi connectivity index (χ0) is 19.1. The summed E-state index contributed by atoms with van der Waals surface area (Å²) in [6.45, 7) is 1.15. The number of hydrogen-bond donors (Lipinski definition) is 1. The lowest BCUT2D eigenvalue weighted by Crippen LogP contribution is -2.53. The molecule has 0 spiro atoms. The number of carbonyl (C=O) groups excluding carboxylic acids is 1. The number of benzene rings is 2. The standard InChI is InChI=1S/C21H24N4O2/c1-27-19-11-7-10-18(15-19)23-20(14-17-8-3-2-4-9-17)21(26)25-13-6-5-12-24(25)16-22/h2-4,7-11,15,20,23H,5-6,12-14H2,1H3. The molecule has 1 aliphatic heterocycles. The molecule has 1 aliphatic rings. The van der Waals surface area contributed by atoms with Gasteiger partial charge in [-0.05, 0) is 30.5 Å². The number of nitrogens with one attached hydrogen (secondary N) is 1. The van der Waals surface area contributed by atoms with E-state index in [1.54, 1.807) is 12.1 Å². The Morgan fingerprint density at radius 2 is 1.96 bits per heavy atom. The van der Waals surface area contributed by atoms with Crippen LogP contribution in [0.5, 0.6) is 5.75 Å². The van der Waals surface area contributed by atoms with Crippen molar-refractivity contribution in [3.63, 3.8) is 0 Å². The summed E-state index contributed by atoms with van der Waals surface area (Å²) in [6, 6.07) is 16.9. The predicted molar refractivity (Wildman–Crippen MR) is 104 cm³/mol. The SMILES string of the molecule is COc1cccc(NC(Cc2ccccc2)C(=O)N2CCCCN2C#N)c1. The van der Waals surface area contributed by atoms with E-state index < -0.39 is 6.04 Å². The quantitative estimate of drug-likeness (QED) is 0.798. The summed E-state index contributed by atoms with van der Waals surface area (Å²) in [5, 5.41) is 15.8. The molecule has 1 N–H and O–H groups in total. The molecule has 0 aromatic heterocycles. The van der Waals surface area contributed by atoms with Crippen LogP contribution in [0.4, 0.5) is 5.69 Å². The summed E-state index contributed by atoms with van der Waals surface area (Å²) < 4.78 is 5.28. The molecule has 1 unspecified atom stereocenters. The van der Waals surface area contributed by atoms with E-state index in [0.29, 0.717) is 19.5 Å². The topological polar surface area (TPSA) is 68.6 Å². The van der Waals surface area contributed by atoms with Gasteiger partial charge in [-0.1, -0.05) is 36.4 Å². The molecule has 1 atom stereocenters. The fraction of sp³-hybridized carbons (Fsp3) is 0.333. The summed E-state index contributed by atoms with van der Waals surface area (Å²) >= 11 is 0. The molecule has 1 amide bonds. The van der Waals surface area contributed by atoms with Gasteiger partial charge in [-0.3, -0.25) is 4.79 Å². The van der Waals surface area contributed by atoms with E-state index in [9.17, 15) is 10.1 Å². The van der Waals surface area contributed by atoms with Crippen molar-refractivity contribution in [1.29, 1.82) is 5.26 Å². The fourth-order valence-corrected chi connectivity index (χ4v) is 3.24. The maximum Gasteiger partial charge on any atom is 0.264 e. The average Bonchev–Trinajstić information content (AvgIpc) is 2.73. The molecule has 27 heavy (non-hydrogen) atoms. The Labute approximate surface area is 159 Å². The van der Waals surface area contributed by atoms with Gasteiger partial charge in [0.25, 0.3) is 5.91 Å². The molecule has 0 aliphatic carbocycles. The lowest BCUT2D eigenvalue weighted by atomic mass is 10.0. The molecule has 1 fully saturated rings. The lowest BCUT2D eigenvalue weighted by Gasteiger charge is -2.37. The van der Waals surface area contributed by atoms with Crippen LogP contribution in [0.25, 0.3) is 0 Å². The number of rotatable bonds is 6. The first-order chi connectivity index (χ1) is 13.2. The maximum absolute atomic E-state index is 13.3. The molecule has 1 saturated heterocycles. The Kier molecular flexibility index (Phi) is 6.16. The average molecular weight is 364 g/mol. The second-order valence-electron chi connectivity index (χ2n) is 6.51. The molecule has 1 heterocycles. The highest BCUT2D eigenvalue weighted by Gasteiger charge is 2.30. The van der Waals surface area contributed by atoms with Crippen molar-refractivity contribution in [3.05, 3.63) is 60.2 Å². The minimum atomic E-state index is -0.478. The maximum atomic E-state index is 13.3. The molecule has 2 aromatic rings. The lowest BCUT2D eigenvalue weighted by molar-refractivity contribution is -0.147. The highest BCUT2D eigenvalue weighted by molar-refractivity contribution is 5.85. The van der Waals surface area contributed by atoms with Crippen LogP contribution in [0.3, 0.4) is 0 Å². The third kappa shape index (κ3) is 4.70. The molecule has 6 nitrogen and oxygen atoms in total. The van der Waals surface area contributed by atoms with Gasteiger partial charge in [0.05, 0.1) is 13.7 Å². The molecule has 6 heteroatoms. The number of nitriles is 1. The van der Waals surface area contributed by atoms with Crippen molar-refractivity contribution in [1.82, 2.24) is 10.0 Å². The third-order valence-electron chi connectivity index (χ3n) is 4.64. The summed E-state index contributed by atoms with van der Waals surface area (Å²) in [5.41, 5.74) is 1.87. The van der Waals surface area contributed by atoms with Crippen LogP contribution in [-0.4, -0.2) is 42.2 Å². The van der Waals surface area contributed by atoms with E-state index in [2.05, 4.69) is 11.5 Å². The Balaban J connectivity index is 1.84. The fourth-order valence-electron chi connectivity index (χ4n) is 3.24. The second-order valence-corrected chi connectivity index (χ2v) is 6.51. The van der Waals surface area contributed by atoms with E-state index in [1.807, 2.05) is 54.6 Å². The van der Waals surface area contributed by atoms with Crippen molar-refractivity contribution < 1.29 is 9.53 Å². The summed E-state index contributed by atoms with van der Waals surface area (Å²) in [7, 11) is 1.62. The smallest absolute Gasteiger partial charge is 0.264 e. The molecule has 0 saturated carbocycles. The Hall–Kier alpha value is -3.20. The first-order valence-corrected chi connectivity index (χ1v) is 9.14. The highest BCUT2D eigenvalue weighted by Crippen LogP contribution is 2.20. The van der Waals surface area contributed by atoms with Crippen molar-refractivity contribution in [3.8, 4) is 11.9 Å².